The van der Waals surface area contributed by atoms with Crippen LogP contribution in [0.2, 0.25) is 0 Å². The van der Waals surface area contributed by atoms with Crippen LogP contribution in [0.3, 0.4) is 0 Å². The Morgan fingerprint density at radius 3 is 2.25 bits per heavy atom. The van der Waals surface area contributed by atoms with Crippen LogP contribution in [0.5, 0.6) is 0 Å². The second kappa shape index (κ2) is 10.2. The maximum absolute atomic E-state index is 5.55. The Morgan fingerprint density at radius 2 is 1.31 bits per heavy atom. The summed E-state index contributed by atoms with van der Waals surface area (Å²) in [5.74, 6) is 0.693. The maximum Gasteiger partial charge on any atom is 0.235 e. The molecule has 5 heteroatoms. The maximum atomic E-state index is 5.55. The summed E-state index contributed by atoms with van der Waals surface area (Å²) < 4.78 is 4.83. The first kappa shape index (κ1) is 27.6. The van der Waals surface area contributed by atoms with Gasteiger partial charge in [0.15, 0.2) is 0 Å². The number of hydrogen-bond acceptors (Lipinski definition) is 3. The first-order chi connectivity index (χ1) is 25.3. The third-order valence-corrected chi connectivity index (χ3v) is 12.1. The summed E-state index contributed by atoms with van der Waals surface area (Å²) in [4.78, 5) is 13.4. The van der Waals surface area contributed by atoms with Crippen molar-refractivity contribution in [3.63, 3.8) is 0 Å². The topological polar surface area (TPSA) is 35.6 Å². The van der Waals surface area contributed by atoms with E-state index in [9.17, 15) is 0 Å². The van der Waals surface area contributed by atoms with Gasteiger partial charge in [0.2, 0.25) is 5.95 Å². The fourth-order valence-corrected chi connectivity index (χ4v) is 9.93. The molecule has 51 heavy (non-hydrogen) atoms. The Labute approximate surface area is 297 Å². The summed E-state index contributed by atoms with van der Waals surface area (Å²) >= 11 is 1.81. The number of para-hydroxylation sites is 1. The lowest BCUT2D eigenvalue weighted by molar-refractivity contribution is 0.985. The standard InChI is InChI=1S/C46H28N4S/c1-2-13-29(14-3-1)49-36-25-21-27-11-4-6-15-30(27)40(36)33-23-24-34-41-31-16-7-5-12-28(31)22-26-37(41)50(45(34)44(33)49)46-47-35-18-10-20-39-42(35)43(48-46)32-17-8-9-19-38(32)51-39/h1-4,6-11,13-26H,5,12H2. The van der Waals surface area contributed by atoms with Gasteiger partial charge in [-0.3, -0.25) is 4.57 Å². The molecule has 12 rings (SSSR count). The summed E-state index contributed by atoms with van der Waals surface area (Å²) in [6.45, 7) is 0. The zero-order valence-electron chi connectivity index (χ0n) is 27.5. The van der Waals surface area contributed by atoms with E-state index in [4.69, 9.17) is 9.97 Å². The van der Waals surface area contributed by atoms with Crippen LogP contribution in [-0.2, 0) is 6.42 Å². The Balaban J connectivity index is 1.33. The Bertz CT molecular complexity index is 3170. The number of aromatic nitrogens is 4. The first-order valence-electron chi connectivity index (χ1n) is 17.6. The molecule has 0 saturated heterocycles. The van der Waals surface area contributed by atoms with Gasteiger partial charge in [0.05, 0.1) is 33.3 Å². The van der Waals surface area contributed by atoms with E-state index in [0.29, 0.717) is 5.95 Å². The van der Waals surface area contributed by atoms with Gasteiger partial charge in [0.1, 0.15) is 0 Å². The molecule has 3 aromatic heterocycles. The van der Waals surface area contributed by atoms with Crippen LogP contribution in [0, 0.1) is 0 Å². The lowest BCUT2D eigenvalue weighted by Crippen LogP contribution is -2.06. The van der Waals surface area contributed by atoms with Gasteiger partial charge in [-0.05, 0) is 77.2 Å². The minimum Gasteiger partial charge on any atom is -0.307 e. The first-order valence-corrected chi connectivity index (χ1v) is 18.4. The molecule has 0 amide bonds. The number of allylic oxidation sites excluding steroid dienone is 1. The van der Waals surface area contributed by atoms with E-state index < -0.39 is 0 Å². The molecule has 1 aliphatic heterocycles. The molecule has 10 aromatic rings. The van der Waals surface area contributed by atoms with Crippen molar-refractivity contribution in [2.75, 3.05) is 0 Å². The van der Waals surface area contributed by atoms with E-state index in [1.54, 1.807) is 11.8 Å². The highest BCUT2D eigenvalue weighted by molar-refractivity contribution is 7.99. The summed E-state index contributed by atoms with van der Waals surface area (Å²) in [6.07, 6.45) is 6.76. The highest BCUT2D eigenvalue weighted by Gasteiger charge is 2.27. The molecule has 1 aliphatic carbocycles. The number of hydrogen-bond donors (Lipinski definition) is 0. The summed E-state index contributed by atoms with van der Waals surface area (Å²) in [6, 6.07) is 48.6. The fourth-order valence-electron chi connectivity index (χ4n) is 8.82. The second-order valence-electron chi connectivity index (χ2n) is 13.6. The third kappa shape index (κ3) is 3.71. The van der Waals surface area contributed by atoms with Gasteiger partial charge >= 0.3 is 0 Å². The van der Waals surface area contributed by atoms with Gasteiger partial charge in [-0.2, -0.15) is 0 Å². The van der Waals surface area contributed by atoms with Crippen LogP contribution >= 0.6 is 11.8 Å². The Morgan fingerprint density at radius 1 is 0.549 bits per heavy atom. The molecule has 2 aliphatic rings. The van der Waals surface area contributed by atoms with Gasteiger partial charge in [-0.25, -0.2) is 9.97 Å². The second-order valence-corrected chi connectivity index (χ2v) is 14.7. The van der Waals surface area contributed by atoms with Crippen LogP contribution in [0.25, 0.3) is 94.3 Å². The summed E-state index contributed by atoms with van der Waals surface area (Å²) in [7, 11) is 0. The molecule has 7 aromatic carbocycles. The van der Waals surface area contributed by atoms with Crippen molar-refractivity contribution in [3.05, 3.63) is 151 Å². The number of nitrogens with zero attached hydrogens (tertiary/aromatic N) is 4. The number of benzene rings is 7. The highest BCUT2D eigenvalue weighted by Crippen LogP contribution is 2.48. The fraction of sp³-hybridized carbons (Fsp3) is 0.0435. The Hall–Kier alpha value is -6.17. The zero-order valence-corrected chi connectivity index (χ0v) is 28.3. The minimum absolute atomic E-state index is 0.693. The van der Waals surface area contributed by atoms with Gasteiger partial charge < -0.3 is 4.57 Å². The Kier molecular flexibility index (Phi) is 5.52. The predicted octanol–water partition coefficient (Wildman–Crippen LogP) is 12.1. The molecule has 4 nitrogen and oxygen atoms in total. The van der Waals surface area contributed by atoms with Crippen molar-refractivity contribution < 1.29 is 0 Å². The van der Waals surface area contributed by atoms with Gasteiger partial charge in [0, 0.05) is 48.0 Å². The molecule has 0 saturated carbocycles. The third-order valence-electron chi connectivity index (χ3n) is 11.0. The molecule has 4 heterocycles. The van der Waals surface area contributed by atoms with Crippen molar-refractivity contribution in [3.8, 4) is 22.9 Å². The number of fused-ring (bicyclic) bond motifs is 13. The largest absolute Gasteiger partial charge is 0.307 e. The minimum atomic E-state index is 0.693. The van der Waals surface area contributed by atoms with E-state index >= 15 is 0 Å². The molecule has 0 N–H and O–H groups in total. The van der Waals surface area contributed by atoms with Crippen LogP contribution in [0.4, 0.5) is 0 Å². The van der Waals surface area contributed by atoms with E-state index in [1.165, 1.54) is 58.8 Å². The number of aryl methyl sites for hydroxylation is 1. The van der Waals surface area contributed by atoms with E-state index in [1.807, 2.05) is 0 Å². The van der Waals surface area contributed by atoms with Gasteiger partial charge in [0.25, 0.3) is 0 Å². The molecule has 0 fully saturated rings. The van der Waals surface area contributed by atoms with Gasteiger partial charge in [-0.1, -0.05) is 115 Å². The lowest BCUT2D eigenvalue weighted by Gasteiger charge is -2.20. The predicted molar refractivity (Wildman–Crippen MR) is 213 cm³/mol. The van der Waals surface area contributed by atoms with Gasteiger partial charge in [-0.15, -0.1) is 0 Å². The molecule has 0 unspecified atom stereocenters. The van der Waals surface area contributed by atoms with Crippen molar-refractivity contribution in [1.82, 2.24) is 19.1 Å². The average molecular weight is 669 g/mol. The smallest absolute Gasteiger partial charge is 0.235 e. The van der Waals surface area contributed by atoms with E-state index in [2.05, 4.69) is 155 Å². The summed E-state index contributed by atoms with van der Waals surface area (Å²) in [5, 5.41) is 8.58. The summed E-state index contributed by atoms with van der Waals surface area (Å²) in [5.41, 5.74) is 11.5. The molecular formula is C46H28N4S. The van der Waals surface area contributed by atoms with Crippen LogP contribution in [0.1, 0.15) is 17.5 Å². The average Bonchev–Trinajstić information content (AvgIpc) is 3.72. The lowest BCUT2D eigenvalue weighted by atomic mass is 9.93. The van der Waals surface area contributed by atoms with Crippen LogP contribution in [0.15, 0.2) is 149 Å². The molecular weight excluding hydrogens is 641 g/mol. The van der Waals surface area contributed by atoms with Crippen molar-refractivity contribution in [2.45, 2.75) is 22.6 Å². The quantitative estimate of drug-likeness (QED) is 0.184. The zero-order chi connectivity index (χ0) is 33.2. The highest BCUT2D eigenvalue weighted by atomic mass is 32.2. The molecule has 0 bridgehead atoms. The van der Waals surface area contributed by atoms with Crippen molar-refractivity contribution in [2.24, 2.45) is 0 Å². The normalized spacial score (nSPS) is 13.6. The molecule has 0 spiro atoms. The molecule has 238 valence electrons. The molecule has 0 atom stereocenters. The number of rotatable bonds is 2. The van der Waals surface area contributed by atoms with E-state index in [0.717, 1.165) is 57.2 Å². The monoisotopic (exact) mass is 668 g/mol. The van der Waals surface area contributed by atoms with Crippen LogP contribution in [-0.4, -0.2) is 19.1 Å². The SMILES string of the molecule is C1=Cc2c(ccc3c2c2ccc4c5c6ccccc6ccc5n(-c5ccccc5)c4c2n3-c2nc3c4c(cccc4n2)Sc2ccccc2-3)CC1. The molecule has 0 radical (unpaired) electrons. The van der Waals surface area contributed by atoms with Crippen LogP contribution < -0.4 is 0 Å². The van der Waals surface area contributed by atoms with Crippen molar-refractivity contribution in [1.29, 1.82) is 0 Å². The van der Waals surface area contributed by atoms with E-state index in [-0.39, 0.29) is 0 Å². The van der Waals surface area contributed by atoms with Crippen molar-refractivity contribution >= 4 is 83.1 Å².